The highest BCUT2D eigenvalue weighted by molar-refractivity contribution is 5.96. The van der Waals surface area contributed by atoms with E-state index in [-0.39, 0.29) is 30.1 Å². The van der Waals surface area contributed by atoms with Crippen molar-refractivity contribution in [2.24, 2.45) is 0 Å². The Bertz CT molecular complexity index is 1140. The average Bonchev–Trinajstić information content (AvgIpc) is 2.98. The molecule has 37 heavy (non-hydrogen) atoms. The maximum absolute atomic E-state index is 13.0. The number of methoxy groups -OCH3 is 3. The molecule has 0 radical (unpaired) electrons. The molecule has 0 heterocycles. The Morgan fingerprint density at radius 1 is 1.05 bits per heavy atom. The Morgan fingerprint density at radius 2 is 1.76 bits per heavy atom. The summed E-state index contributed by atoms with van der Waals surface area (Å²) in [7, 11) is 6.49. The van der Waals surface area contributed by atoms with Gasteiger partial charge in [-0.15, -0.1) is 0 Å². The molecule has 202 valence electrons. The van der Waals surface area contributed by atoms with E-state index in [1.807, 2.05) is 45.0 Å². The third kappa shape index (κ3) is 6.53. The number of nitrogens with one attached hydrogen (secondary N) is 3. The van der Waals surface area contributed by atoms with Crippen molar-refractivity contribution < 1.29 is 28.5 Å². The van der Waals surface area contributed by atoms with Crippen LogP contribution in [0.15, 0.2) is 24.3 Å². The van der Waals surface area contributed by atoms with Crippen LogP contribution in [0.3, 0.4) is 0 Å². The van der Waals surface area contributed by atoms with Gasteiger partial charge in [-0.25, -0.2) is 0 Å². The van der Waals surface area contributed by atoms with Crippen LogP contribution in [0.1, 0.15) is 51.3 Å². The van der Waals surface area contributed by atoms with Crippen molar-refractivity contribution in [3.63, 3.8) is 0 Å². The Kier molecular flexibility index (Phi) is 9.04. The van der Waals surface area contributed by atoms with Gasteiger partial charge in [0.2, 0.25) is 17.6 Å². The number of amides is 2. The number of carbonyl (C=O) groups is 2. The van der Waals surface area contributed by atoms with Crippen LogP contribution in [0.4, 0.5) is 5.69 Å². The summed E-state index contributed by atoms with van der Waals surface area (Å²) in [6, 6.07) is 6.88. The molecule has 1 aliphatic rings. The van der Waals surface area contributed by atoms with E-state index in [1.54, 1.807) is 28.4 Å². The number of ether oxygens (including phenoxy) is 4. The van der Waals surface area contributed by atoms with Crippen molar-refractivity contribution in [1.29, 1.82) is 0 Å². The third-order valence-electron chi connectivity index (χ3n) is 6.30. The first-order valence-electron chi connectivity index (χ1n) is 12.4. The van der Waals surface area contributed by atoms with Gasteiger partial charge in [0.25, 0.3) is 0 Å². The summed E-state index contributed by atoms with van der Waals surface area (Å²) in [6.45, 7) is 7.58. The monoisotopic (exact) mass is 513 g/mol. The SMILES string of the molecule is CN[C@@H](COC(C)(C)C)C(=O)Nc1ccc2c(c1)[C@@H](NC(C)=O)CCc1cc(OC)c(OC)c(OC)c1-2. The predicted octanol–water partition coefficient (Wildman–Crippen LogP) is 3.84. The normalized spacial score (nSPS) is 15.5. The number of rotatable bonds is 9. The van der Waals surface area contributed by atoms with E-state index >= 15 is 0 Å². The maximum Gasteiger partial charge on any atom is 0.243 e. The molecule has 0 aromatic heterocycles. The molecule has 0 bridgehead atoms. The van der Waals surface area contributed by atoms with Gasteiger partial charge in [-0.05, 0) is 75.5 Å². The van der Waals surface area contributed by atoms with E-state index < -0.39 is 6.04 Å². The number of aryl methyl sites for hydroxylation is 1. The summed E-state index contributed by atoms with van der Waals surface area (Å²) >= 11 is 0. The highest BCUT2D eigenvalue weighted by Gasteiger charge is 2.30. The van der Waals surface area contributed by atoms with Gasteiger partial charge in [-0.1, -0.05) is 6.07 Å². The predicted molar refractivity (Wildman–Crippen MR) is 144 cm³/mol. The van der Waals surface area contributed by atoms with Gasteiger partial charge < -0.3 is 34.9 Å². The summed E-state index contributed by atoms with van der Waals surface area (Å²) in [6.07, 6.45) is 1.34. The topological polar surface area (TPSA) is 107 Å². The van der Waals surface area contributed by atoms with E-state index in [4.69, 9.17) is 18.9 Å². The minimum atomic E-state index is -0.526. The number of likely N-dealkylation sites (N-methyl/N-ethyl adjacent to an activating group) is 1. The zero-order valence-corrected chi connectivity index (χ0v) is 23.0. The van der Waals surface area contributed by atoms with E-state index in [9.17, 15) is 9.59 Å². The van der Waals surface area contributed by atoms with Gasteiger partial charge in [0, 0.05) is 18.2 Å². The molecule has 2 amide bonds. The quantitative estimate of drug-likeness (QED) is 0.468. The molecule has 2 atom stereocenters. The number of hydrogen-bond acceptors (Lipinski definition) is 7. The van der Waals surface area contributed by atoms with Crippen LogP contribution in [0, 0.1) is 0 Å². The van der Waals surface area contributed by atoms with Crippen molar-refractivity contribution in [2.45, 2.75) is 58.2 Å². The summed E-state index contributed by atoms with van der Waals surface area (Å²) in [5.74, 6) is 1.31. The van der Waals surface area contributed by atoms with E-state index in [0.717, 1.165) is 22.3 Å². The summed E-state index contributed by atoms with van der Waals surface area (Å²) in [5, 5.41) is 9.09. The van der Waals surface area contributed by atoms with Gasteiger partial charge in [-0.2, -0.15) is 0 Å². The van der Waals surface area contributed by atoms with E-state index in [0.29, 0.717) is 35.8 Å². The Morgan fingerprint density at radius 3 is 2.32 bits per heavy atom. The molecule has 0 aliphatic heterocycles. The van der Waals surface area contributed by atoms with Crippen molar-refractivity contribution in [1.82, 2.24) is 10.6 Å². The molecule has 9 nitrogen and oxygen atoms in total. The lowest BCUT2D eigenvalue weighted by molar-refractivity contribution is -0.121. The van der Waals surface area contributed by atoms with Crippen LogP contribution in [-0.2, 0) is 20.7 Å². The smallest absolute Gasteiger partial charge is 0.243 e. The van der Waals surface area contributed by atoms with E-state index in [1.165, 1.54) is 6.92 Å². The van der Waals surface area contributed by atoms with Crippen molar-refractivity contribution in [3.8, 4) is 28.4 Å². The standard InChI is InChI=1S/C28H39N3O6/c1-16(32)30-21-12-9-17-13-23(34-6)25(35-7)26(36-8)24(17)19-11-10-18(14-20(19)21)31-27(33)22(29-5)15-37-28(2,3)4/h10-11,13-14,21-22,29H,9,12,15H2,1-8H3,(H,30,32)(H,31,33)/t21-,22-/m0/s1. The minimum absolute atomic E-state index is 0.131. The number of benzene rings is 2. The first-order chi connectivity index (χ1) is 17.5. The second-order valence-electron chi connectivity index (χ2n) is 10.0. The van der Waals surface area contributed by atoms with Gasteiger partial charge in [0.1, 0.15) is 6.04 Å². The largest absolute Gasteiger partial charge is 0.493 e. The van der Waals surface area contributed by atoms with Crippen LogP contribution in [0.5, 0.6) is 17.2 Å². The lowest BCUT2D eigenvalue weighted by Gasteiger charge is -2.24. The summed E-state index contributed by atoms with van der Waals surface area (Å²) < 4.78 is 22.8. The molecule has 0 saturated heterocycles. The molecule has 0 spiro atoms. The van der Waals surface area contributed by atoms with Crippen molar-refractivity contribution in [2.75, 3.05) is 40.3 Å². The van der Waals surface area contributed by atoms with Gasteiger partial charge in [0.05, 0.1) is 39.6 Å². The highest BCUT2D eigenvalue weighted by atomic mass is 16.5. The summed E-state index contributed by atoms with van der Waals surface area (Å²) in [5.41, 5.74) is 3.94. The van der Waals surface area contributed by atoms with E-state index in [2.05, 4.69) is 16.0 Å². The molecule has 3 N–H and O–H groups in total. The molecular formula is C28H39N3O6. The number of fused-ring (bicyclic) bond motifs is 3. The fourth-order valence-corrected chi connectivity index (χ4v) is 4.56. The molecule has 2 aromatic carbocycles. The van der Waals surface area contributed by atoms with Crippen LogP contribution >= 0.6 is 0 Å². The summed E-state index contributed by atoms with van der Waals surface area (Å²) in [4.78, 5) is 25.1. The Labute approximate surface area is 219 Å². The number of anilines is 1. The highest BCUT2D eigenvalue weighted by Crippen LogP contribution is 2.50. The van der Waals surface area contributed by atoms with Crippen LogP contribution in [0.2, 0.25) is 0 Å². The van der Waals surface area contributed by atoms with Crippen LogP contribution < -0.4 is 30.2 Å². The average molecular weight is 514 g/mol. The minimum Gasteiger partial charge on any atom is -0.493 e. The lowest BCUT2D eigenvalue weighted by Crippen LogP contribution is -2.43. The zero-order chi connectivity index (χ0) is 27.3. The molecule has 0 fully saturated rings. The van der Waals surface area contributed by atoms with Crippen LogP contribution in [-0.4, -0.2) is 58.4 Å². The molecule has 0 saturated carbocycles. The molecule has 1 aliphatic carbocycles. The first-order valence-corrected chi connectivity index (χ1v) is 12.4. The zero-order valence-electron chi connectivity index (χ0n) is 23.0. The molecule has 0 unspecified atom stereocenters. The Hall–Kier alpha value is -3.30. The molecule has 2 aromatic rings. The second-order valence-corrected chi connectivity index (χ2v) is 10.0. The van der Waals surface area contributed by atoms with Gasteiger partial charge in [-0.3, -0.25) is 9.59 Å². The van der Waals surface area contributed by atoms with Crippen LogP contribution in [0.25, 0.3) is 11.1 Å². The molecular weight excluding hydrogens is 474 g/mol. The van der Waals surface area contributed by atoms with Gasteiger partial charge in [0.15, 0.2) is 11.5 Å². The fraction of sp³-hybridized carbons (Fsp3) is 0.500. The Balaban J connectivity index is 2.07. The number of hydrogen-bond donors (Lipinski definition) is 3. The van der Waals surface area contributed by atoms with Gasteiger partial charge >= 0.3 is 0 Å². The lowest BCUT2D eigenvalue weighted by atomic mass is 9.93. The van der Waals surface area contributed by atoms with Crippen molar-refractivity contribution in [3.05, 3.63) is 35.4 Å². The fourth-order valence-electron chi connectivity index (χ4n) is 4.56. The maximum atomic E-state index is 13.0. The second kappa shape index (κ2) is 11.8. The van der Waals surface area contributed by atoms with Crippen molar-refractivity contribution >= 4 is 17.5 Å². The third-order valence-corrected chi connectivity index (χ3v) is 6.30. The number of carbonyl (C=O) groups excluding carboxylic acids is 2. The molecule has 3 rings (SSSR count). The first kappa shape index (κ1) is 28.3. The molecule has 9 heteroatoms.